The van der Waals surface area contributed by atoms with Crippen LogP contribution in [-0.2, 0) is 11.2 Å². The Morgan fingerprint density at radius 2 is 1.92 bits per heavy atom. The predicted octanol–water partition coefficient (Wildman–Crippen LogP) is 3.19. The van der Waals surface area contributed by atoms with Crippen molar-refractivity contribution in [2.45, 2.75) is 19.4 Å². The molecule has 0 radical (unpaired) electrons. The van der Waals surface area contributed by atoms with Crippen LogP contribution in [0.4, 0.5) is 4.39 Å². The second-order valence-corrected chi connectivity index (χ2v) is 6.09. The summed E-state index contributed by atoms with van der Waals surface area (Å²) in [5, 5.41) is 2.94. The van der Waals surface area contributed by atoms with Gasteiger partial charge in [0.15, 0.2) is 0 Å². The van der Waals surface area contributed by atoms with Crippen LogP contribution in [0.5, 0.6) is 5.75 Å². The number of nitrogens with zero attached hydrogens (tertiary/aromatic N) is 1. The summed E-state index contributed by atoms with van der Waals surface area (Å²) in [6.07, 6.45) is 0.301. The molecule has 1 unspecified atom stereocenters. The van der Waals surface area contributed by atoms with Gasteiger partial charge in [0.2, 0.25) is 5.91 Å². The molecule has 134 valence electrons. The monoisotopic (exact) mass is 344 g/mol. The van der Waals surface area contributed by atoms with E-state index in [1.165, 1.54) is 12.1 Å². The van der Waals surface area contributed by atoms with Crippen LogP contribution in [0.3, 0.4) is 0 Å². The van der Waals surface area contributed by atoms with Gasteiger partial charge in [-0.15, -0.1) is 0 Å². The predicted molar refractivity (Wildman–Crippen MR) is 97.2 cm³/mol. The lowest BCUT2D eigenvalue weighted by atomic mass is 10.1. The van der Waals surface area contributed by atoms with Crippen molar-refractivity contribution in [3.63, 3.8) is 0 Å². The van der Waals surface area contributed by atoms with Gasteiger partial charge in [-0.05, 0) is 56.4 Å². The Hall–Kier alpha value is -2.40. The summed E-state index contributed by atoms with van der Waals surface area (Å²) in [6.45, 7) is 2.97. The van der Waals surface area contributed by atoms with E-state index in [4.69, 9.17) is 4.74 Å². The molecule has 1 amide bonds. The quantitative estimate of drug-likeness (QED) is 0.800. The van der Waals surface area contributed by atoms with Crippen molar-refractivity contribution in [1.29, 1.82) is 0 Å². The Labute approximate surface area is 148 Å². The number of benzene rings is 2. The van der Waals surface area contributed by atoms with Gasteiger partial charge >= 0.3 is 0 Å². The van der Waals surface area contributed by atoms with E-state index in [2.05, 4.69) is 5.32 Å². The number of amides is 1. The molecule has 2 rings (SSSR count). The minimum absolute atomic E-state index is 0.0626. The molecule has 0 aromatic heterocycles. The summed E-state index contributed by atoms with van der Waals surface area (Å²) in [5.41, 5.74) is 1.76. The van der Waals surface area contributed by atoms with Crippen LogP contribution in [0.2, 0.25) is 0 Å². The molecule has 0 saturated heterocycles. The number of ether oxygens (including phenoxy) is 1. The molecule has 4 nitrogen and oxygen atoms in total. The molecule has 0 saturated carbocycles. The number of rotatable bonds is 8. The van der Waals surface area contributed by atoms with Crippen molar-refractivity contribution in [1.82, 2.24) is 10.2 Å². The van der Waals surface area contributed by atoms with Crippen LogP contribution in [0.25, 0.3) is 0 Å². The standard InChI is InChI=1S/C20H25FN2O2/c1-4-25-18-10-8-15(9-11-18)12-20(24)22-14-19(23(2)3)16-6-5-7-17(21)13-16/h5-11,13,19H,4,12,14H2,1-3H3,(H,22,24). The number of halogens is 1. The van der Waals surface area contributed by atoms with E-state index in [0.717, 1.165) is 16.9 Å². The lowest BCUT2D eigenvalue weighted by Crippen LogP contribution is -2.35. The zero-order valence-electron chi connectivity index (χ0n) is 15.0. The normalized spacial score (nSPS) is 12.0. The number of hydrogen-bond donors (Lipinski definition) is 1. The maximum atomic E-state index is 13.4. The Kier molecular flexibility index (Phi) is 6.95. The molecule has 0 heterocycles. The summed E-state index contributed by atoms with van der Waals surface area (Å²) in [7, 11) is 3.82. The minimum Gasteiger partial charge on any atom is -0.494 e. The minimum atomic E-state index is -0.273. The van der Waals surface area contributed by atoms with Crippen molar-refractivity contribution in [2.24, 2.45) is 0 Å². The summed E-state index contributed by atoms with van der Waals surface area (Å²) < 4.78 is 18.8. The van der Waals surface area contributed by atoms with Gasteiger partial charge in [-0.3, -0.25) is 4.79 Å². The van der Waals surface area contributed by atoms with E-state index < -0.39 is 0 Å². The van der Waals surface area contributed by atoms with Crippen LogP contribution in [0.15, 0.2) is 48.5 Å². The number of carbonyl (C=O) groups is 1. The average Bonchev–Trinajstić information content (AvgIpc) is 2.57. The van der Waals surface area contributed by atoms with E-state index >= 15 is 0 Å². The summed E-state index contributed by atoms with van der Waals surface area (Å²) in [6, 6.07) is 13.9. The van der Waals surface area contributed by atoms with E-state index in [-0.39, 0.29) is 17.8 Å². The third-order valence-corrected chi connectivity index (χ3v) is 3.95. The second-order valence-electron chi connectivity index (χ2n) is 6.09. The maximum Gasteiger partial charge on any atom is 0.224 e. The first-order chi connectivity index (χ1) is 12.0. The van der Waals surface area contributed by atoms with E-state index in [1.807, 2.05) is 56.3 Å². The van der Waals surface area contributed by atoms with Crippen molar-refractivity contribution >= 4 is 5.91 Å². The summed E-state index contributed by atoms with van der Waals surface area (Å²) >= 11 is 0. The topological polar surface area (TPSA) is 41.6 Å². The number of hydrogen-bond acceptors (Lipinski definition) is 3. The van der Waals surface area contributed by atoms with Gasteiger partial charge in [0.05, 0.1) is 19.1 Å². The Balaban J connectivity index is 1.92. The van der Waals surface area contributed by atoms with Crippen molar-refractivity contribution in [3.05, 3.63) is 65.5 Å². The van der Waals surface area contributed by atoms with Gasteiger partial charge in [0, 0.05) is 6.54 Å². The first-order valence-electron chi connectivity index (χ1n) is 8.40. The molecule has 5 heteroatoms. The van der Waals surface area contributed by atoms with Crippen molar-refractivity contribution < 1.29 is 13.9 Å². The average molecular weight is 344 g/mol. The molecule has 0 aliphatic rings. The maximum absolute atomic E-state index is 13.4. The molecule has 0 aliphatic heterocycles. The van der Waals surface area contributed by atoms with Crippen LogP contribution >= 0.6 is 0 Å². The zero-order chi connectivity index (χ0) is 18.2. The Bertz CT molecular complexity index is 686. The highest BCUT2D eigenvalue weighted by molar-refractivity contribution is 5.78. The number of likely N-dealkylation sites (N-methyl/N-ethyl adjacent to an activating group) is 1. The fraction of sp³-hybridized carbons (Fsp3) is 0.350. The smallest absolute Gasteiger partial charge is 0.224 e. The highest BCUT2D eigenvalue weighted by atomic mass is 19.1. The van der Waals surface area contributed by atoms with Gasteiger partial charge in [-0.2, -0.15) is 0 Å². The van der Waals surface area contributed by atoms with E-state index in [9.17, 15) is 9.18 Å². The molecular formula is C20H25FN2O2. The molecule has 25 heavy (non-hydrogen) atoms. The fourth-order valence-electron chi connectivity index (χ4n) is 2.64. The number of carbonyl (C=O) groups excluding carboxylic acids is 1. The molecule has 2 aromatic rings. The second kappa shape index (κ2) is 9.18. The largest absolute Gasteiger partial charge is 0.494 e. The summed E-state index contributed by atoms with van der Waals surface area (Å²) in [5.74, 6) is 0.461. The van der Waals surface area contributed by atoms with Gasteiger partial charge in [-0.1, -0.05) is 24.3 Å². The molecule has 0 bridgehead atoms. The highest BCUT2D eigenvalue weighted by Gasteiger charge is 2.16. The first kappa shape index (κ1) is 18.9. The number of nitrogens with one attached hydrogen (secondary N) is 1. The molecular weight excluding hydrogens is 319 g/mol. The molecule has 1 N–H and O–H groups in total. The third kappa shape index (κ3) is 5.87. The van der Waals surface area contributed by atoms with E-state index in [0.29, 0.717) is 19.6 Å². The SMILES string of the molecule is CCOc1ccc(CC(=O)NCC(c2cccc(F)c2)N(C)C)cc1. The van der Waals surface area contributed by atoms with Gasteiger partial charge < -0.3 is 15.0 Å². The van der Waals surface area contributed by atoms with Crippen molar-refractivity contribution in [3.8, 4) is 5.75 Å². The molecule has 2 aromatic carbocycles. The van der Waals surface area contributed by atoms with Crippen LogP contribution in [0.1, 0.15) is 24.1 Å². The first-order valence-corrected chi connectivity index (χ1v) is 8.40. The van der Waals surface area contributed by atoms with Crippen molar-refractivity contribution in [2.75, 3.05) is 27.2 Å². The third-order valence-electron chi connectivity index (χ3n) is 3.95. The Morgan fingerprint density at radius 3 is 2.52 bits per heavy atom. The van der Waals surface area contributed by atoms with E-state index in [1.54, 1.807) is 6.07 Å². The van der Waals surface area contributed by atoms with Crippen LogP contribution in [-0.4, -0.2) is 38.1 Å². The lowest BCUT2D eigenvalue weighted by molar-refractivity contribution is -0.120. The molecule has 1 atom stereocenters. The molecule has 0 spiro atoms. The zero-order valence-corrected chi connectivity index (χ0v) is 15.0. The fourth-order valence-corrected chi connectivity index (χ4v) is 2.64. The molecule has 0 fully saturated rings. The summed E-state index contributed by atoms with van der Waals surface area (Å²) in [4.78, 5) is 14.2. The van der Waals surface area contributed by atoms with Crippen LogP contribution < -0.4 is 10.1 Å². The Morgan fingerprint density at radius 1 is 1.20 bits per heavy atom. The van der Waals surface area contributed by atoms with Gasteiger partial charge in [0.25, 0.3) is 0 Å². The van der Waals surface area contributed by atoms with Crippen LogP contribution in [0, 0.1) is 5.82 Å². The van der Waals surface area contributed by atoms with Gasteiger partial charge in [-0.25, -0.2) is 4.39 Å². The van der Waals surface area contributed by atoms with Gasteiger partial charge in [0.1, 0.15) is 11.6 Å². The lowest BCUT2D eigenvalue weighted by Gasteiger charge is -2.25. The molecule has 0 aliphatic carbocycles. The highest BCUT2D eigenvalue weighted by Crippen LogP contribution is 2.18.